The van der Waals surface area contributed by atoms with E-state index in [2.05, 4.69) is 11.4 Å². The maximum Gasteiger partial charge on any atom is 0.235 e. The number of hydrogen-bond acceptors (Lipinski definition) is 4. The van der Waals surface area contributed by atoms with Crippen LogP contribution in [0.4, 0.5) is 5.69 Å². The predicted octanol–water partition coefficient (Wildman–Crippen LogP) is 4.61. The van der Waals surface area contributed by atoms with Crippen LogP contribution >= 0.6 is 11.3 Å². The first-order valence-corrected chi connectivity index (χ1v) is 9.14. The van der Waals surface area contributed by atoms with E-state index in [1.807, 2.05) is 23.6 Å². The molecule has 1 aliphatic carbocycles. The van der Waals surface area contributed by atoms with Gasteiger partial charge in [-0.2, -0.15) is 0 Å². The topological polar surface area (TPSA) is 47.6 Å². The zero-order valence-electron chi connectivity index (χ0n) is 14.1. The van der Waals surface area contributed by atoms with Crippen molar-refractivity contribution in [2.45, 2.75) is 37.5 Å². The van der Waals surface area contributed by atoms with E-state index in [4.69, 9.17) is 9.47 Å². The van der Waals surface area contributed by atoms with Gasteiger partial charge in [-0.3, -0.25) is 4.79 Å². The number of benzene rings is 1. The molecular formula is C19H23NO3S. The Balaban J connectivity index is 1.89. The smallest absolute Gasteiger partial charge is 0.235 e. The Morgan fingerprint density at radius 3 is 2.29 bits per heavy atom. The van der Waals surface area contributed by atoms with Crippen LogP contribution in [0.15, 0.2) is 35.7 Å². The summed E-state index contributed by atoms with van der Waals surface area (Å²) in [7, 11) is 3.21. The van der Waals surface area contributed by atoms with Crippen molar-refractivity contribution in [3.63, 3.8) is 0 Å². The number of hydrogen-bond donors (Lipinski definition) is 1. The first-order valence-electron chi connectivity index (χ1n) is 8.26. The van der Waals surface area contributed by atoms with Crippen LogP contribution in [0.2, 0.25) is 0 Å². The molecule has 1 aromatic carbocycles. The van der Waals surface area contributed by atoms with E-state index in [1.54, 1.807) is 31.6 Å². The van der Waals surface area contributed by atoms with E-state index in [0.29, 0.717) is 17.2 Å². The number of anilines is 1. The van der Waals surface area contributed by atoms with Crippen molar-refractivity contribution >= 4 is 22.9 Å². The summed E-state index contributed by atoms with van der Waals surface area (Å²) in [6.07, 6.45) is 5.19. The van der Waals surface area contributed by atoms with Gasteiger partial charge < -0.3 is 14.8 Å². The molecule has 1 amide bonds. The van der Waals surface area contributed by atoms with Crippen molar-refractivity contribution in [2.75, 3.05) is 19.5 Å². The minimum atomic E-state index is -0.414. The van der Waals surface area contributed by atoms with Crippen molar-refractivity contribution in [3.8, 4) is 11.5 Å². The zero-order chi connectivity index (χ0) is 17.0. The monoisotopic (exact) mass is 345 g/mol. The molecule has 24 heavy (non-hydrogen) atoms. The zero-order valence-corrected chi connectivity index (χ0v) is 14.9. The van der Waals surface area contributed by atoms with Crippen LogP contribution in [0, 0.1) is 0 Å². The molecule has 1 heterocycles. The SMILES string of the molecule is COc1cc(NC(=O)C2(c3cccs3)CCCCC2)cc(OC)c1. The number of rotatable bonds is 5. The number of ether oxygens (including phenoxy) is 2. The van der Waals surface area contributed by atoms with Crippen molar-refractivity contribution in [1.82, 2.24) is 0 Å². The summed E-state index contributed by atoms with van der Waals surface area (Å²) < 4.78 is 10.6. The van der Waals surface area contributed by atoms with Gasteiger partial charge in [-0.1, -0.05) is 25.3 Å². The fourth-order valence-electron chi connectivity index (χ4n) is 3.42. The fraction of sp³-hybridized carbons (Fsp3) is 0.421. The molecule has 1 aromatic heterocycles. The Bertz CT molecular complexity index is 668. The highest BCUT2D eigenvalue weighted by molar-refractivity contribution is 7.10. The molecule has 128 valence electrons. The van der Waals surface area contributed by atoms with Gasteiger partial charge in [0.1, 0.15) is 11.5 Å². The highest BCUT2D eigenvalue weighted by atomic mass is 32.1. The van der Waals surface area contributed by atoms with Crippen molar-refractivity contribution < 1.29 is 14.3 Å². The van der Waals surface area contributed by atoms with E-state index in [-0.39, 0.29) is 5.91 Å². The third-order valence-electron chi connectivity index (χ3n) is 4.74. The summed E-state index contributed by atoms with van der Waals surface area (Å²) in [5, 5.41) is 5.15. The molecule has 4 nitrogen and oxygen atoms in total. The minimum Gasteiger partial charge on any atom is -0.497 e. The molecule has 1 saturated carbocycles. The number of carbonyl (C=O) groups is 1. The Morgan fingerprint density at radius 2 is 1.75 bits per heavy atom. The Labute approximate surface area is 146 Å². The fourth-order valence-corrected chi connectivity index (χ4v) is 4.41. The third-order valence-corrected chi connectivity index (χ3v) is 5.82. The highest BCUT2D eigenvalue weighted by Gasteiger charge is 2.42. The Morgan fingerprint density at radius 1 is 1.08 bits per heavy atom. The van der Waals surface area contributed by atoms with Crippen molar-refractivity contribution in [1.29, 1.82) is 0 Å². The molecule has 0 bridgehead atoms. The van der Waals surface area contributed by atoms with Crippen LogP contribution in [0.1, 0.15) is 37.0 Å². The van der Waals surface area contributed by atoms with Crippen LogP contribution in [-0.2, 0) is 10.2 Å². The molecule has 1 aliphatic rings. The number of carbonyl (C=O) groups excluding carboxylic acids is 1. The molecule has 0 spiro atoms. The van der Waals surface area contributed by atoms with Gasteiger partial charge in [-0.05, 0) is 24.3 Å². The molecule has 0 unspecified atom stereocenters. The summed E-state index contributed by atoms with van der Waals surface area (Å²) in [6, 6.07) is 9.56. The maximum absolute atomic E-state index is 13.2. The lowest BCUT2D eigenvalue weighted by Gasteiger charge is -2.35. The number of methoxy groups -OCH3 is 2. The normalized spacial score (nSPS) is 16.4. The van der Waals surface area contributed by atoms with E-state index in [1.165, 1.54) is 6.42 Å². The molecule has 2 aromatic rings. The van der Waals surface area contributed by atoms with Crippen LogP contribution in [0.5, 0.6) is 11.5 Å². The maximum atomic E-state index is 13.2. The average Bonchev–Trinajstić information content (AvgIpc) is 3.17. The summed E-state index contributed by atoms with van der Waals surface area (Å²) in [6.45, 7) is 0. The summed E-state index contributed by atoms with van der Waals surface area (Å²) in [5.41, 5.74) is 0.292. The van der Waals surface area contributed by atoms with E-state index >= 15 is 0 Å². The van der Waals surface area contributed by atoms with Gasteiger partial charge in [-0.15, -0.1) is 11.3 Å². The first-order chi connectivity index (χ1) is 11.7. The van der Waals surface area contributed by atoms with E-state index < -0.39 is 5.41 Å². The van der Waals surface area contributed by atoms with E-state index in [0.717, 1.165) is 30.6 Å². The minimum absolute atomic E-state index is 0.0694. The molecule has 0 radical (unpaired) electrons. The molecular weight excluding hydrogens is 322 g/mol. The Kier molecular flexibility index (Phi) is 5.09. The molecule has 0 aliphatic heterocycles. The van der Waals surface area contributed by atoms with Crippen LogP contribution in [0.3, 0.4) is 0 Å². The quantitative estimate of drug-likeness (QED) is 0.861. The first kappa shape index (κ1) is 16.8. The molecule has 1 fully saturated rings. The summed E-state index contributed by atoms with van der Waals surface area (Å²) >= 11 is 1.67. The van der Waals surface area contributed by atoms with E-state index in [9.17, 15) is 4.79 Å². The number of nitrogens with one attached hydrogen (secondary N) is 1. The molecule has 0 saturated heterocycles. The lowest BCUT2D eigenvalue weighted by molar-refractivity contribution is -0.122. The number of thiophene rings is 1. The Hall–Kier alpha value is -2.01. The lowest BCUT2D eigenvalue weighted by Crippen LogP contribution is -2.41. The molecule has 0 atom stereocenters. The van der Waals surface area contributed by atoms with Gasteiger partial charge in [0.25, 0.3) is 0 Å². The van der Waals surface area contributed by atoms with Gasteiger partial charge in [0.05, 0.1) is 19.6 Å². The molecule has 3 rings (SSSR count). The van der Waals surface area contributed by atoms with Crippen molar-refractivity contribution in [2.24, 2.45) is 0 Å². The second-order valence-electron chi connectivity index (χ2n) is 6.18. The van der Waals surface area contributed by atoms with Crippen LogP contribution < -0.4 is 14.8 Å². The van der Waals surface area contributed by atoms with Crippen LogP contribution in [0.25, 0.3) is 0 Å². The molecule has 5 heteroatoms. The highest BCUT2D eigenvalue weighted by Crippen LogP contribution is 2.42. The third kappa shape index (κ3) is 3.26. The van der Waals surface area contributed by atoms with Gasteiger partial charge in [-0.25, -0.2) is 0 Å². The summed E-state index contributed by atoms with van der Waals surface area (Å²) in [4.78, 5) is 14.4. The van der Waals surface area contributed by atoms with Gasteiger partial charge in [0.2, 0.25) is 5.91 Å². The van der Waals surface area contributed by atoms with Crippen molar-refractivity contribution in [3.05, 3.63) is 40.6 Å². The predicted molar refractivity (Wildman–Crippen MR) is 97.3 cm³/mol. The second-order valence-corrected chi connectivity index (χ2v) is 7.12. The summed E-state index contributed by atoms with van der Waals surface area (Å²) in [5.74, 6) is 1.40. The van der Waals surface area contributed by atoms with Gasteiger partial charge in [0.15, 0.2) is 0 Å². The lowest BCUT2D eigenvalue weighted by atomic mass is 9.72. The standard InChI is InChI=1S/C19H23NO3S/c1-22-15-11-14(12-16(13-15)23-2)20-18(21)19(8-4-3-5-9-19)17-7-6-10-24-17/h6-7,10-13H,3-5,8-9H2,1-2H3,(H,20,21). The van der Waals surface area contributed by atoms with Gasteiger partial charge in [0, 0.05) is 28.8 Å². The van der Waals surface area contributed by atoms with Crippen LogP contribution in [-0.4, -0.2) is 20.1 Å². The van der Waals surface area contributed by atoms with Gasteiger partial charge >= 0.3 is 0 Å². The molecule has 1 N–H and O–H groups in total. The largest absolute Gasteiger partial charge is 0.497 e. The average molecular weight is 345 g/mol. The number of amides is 1. The second kappa shape index (κ2) is 7.26.